The van der Waals surface area contributed by atoms with Crippen molar-refractivity contribution in [3.8, 4) is 5.75 Å². The van der Waals surface area contributed by atoms with Crippen molar-refractivity contribution in [3.63, 3.8) is 0 Å². The van der Waals surface area contributed by atoms with Gasteiger partial charge in [-0.25, -0.2) is 0 Å². The fraction of sp³-hybridized carbons (Fsp3) is 0.667. The number of piperidine rings is 1. The molecule has 0 amide bonds. The summed E-state index contributed by atoms with van der Waals surface area (Å²) in [6.07, 6.45) is 5.69. The molecule has 120 valence electrons. The van der Waals surface area contributed by atoms with Gasteiger partial charge in [0.2, 0.25) is 0 Å². The van der Waals surface area contributed by atoms with Gasteiger partial charge in [0.25, 0.3) is 0 Å². The van der Waals surface area contributed by atoms with Gasteiger partial charge in [0, 0.05) is 15.6 Å². The predicted molar refractivity (Wildman–Crippen MR) is 81.4 cm³/mol. The summed E-state index contributed by atoms with van der Waals surface area (Å²) in [5.74, 6) is 0.494. The second kappa shape index (κ2) is 5.19. The quantitative estimate of drug-likeness (QED) is 0.819. The summed E-state index contributed by atoms with van der Waals surface area (Å²) in [6.45, 7) is -4.37. The van der Waals surface area contributed by atoms with Crippen LogP contribution in [0, 0.1) is 5.92 Å². The largest absolute Gasteiger partial charge is 0.435 e. The molecular formula is C18H23F2NO. The van der Waals surface area contributed by atoms with Crippen LogP contribution >= 0.6 is 0 Å². The van der Waals surface area contributed by atoms with E-state index in [1.165, 1.54) is 0 Å². The zero-order chi connectivity index (χ0) is 17.8. The van der Waals surface area contributed by atoms with Gasteiger partial charge in [0.05, 0.1) is 0 Å². The Morgan fingerprint density at radius 3 is 3.09 bits per heavy atom. The van der Waals surface area contributed by atoms with E-state index < -0.39 is 13.6 Å². The minimum atomic E-state index is -2.83. The van der Waals surface area contributed by atoms with Crippen molar-refractivity contribution in [2.24, 2.45) is 5.92 Å². The highest BCUT2D eigenvalue weighted by molar-refractivity contribution is 5.45. The molecule has 0 spiro atoms. The summed E-state index contributed by atoms with van der Waals surface area (Å²) in [5, 5.41) is 0. The number of nitrogens with zero attached hydrogens (tertiary/aromatic N) is 1. The molecule has 2 aliphatic carbocycles. The maximum Gasteiger partial charge on any atom is 0.387 e. The molecule has 1 saturated carbocycles. The molecule has 1 heterocycles. The number of likely N-dealkylation sites (tertiary alicyclic amines) is 1. The van der Waals surface area contributed by atoms with E-state index in [1.54, 1.807) is 17.0 Å². The van der Waals surface area contributed by atoms with Crippen LogP contribution in [0.1, 0.15) is 47.3 Å². The lowest BCUT2D eigenvalue weighted by Gasteiger charge is -2.58. The summed E-state index contributed by atoms with van der Waals surface area (Å²) >= 11 is 0. The Morgan fingerprint density at radius 1 is 1.36 bits per heavy atom. The van der Waals surface area contributed by atoms with E-state index in [0.29, 0.717) is 13.0 Å². The number of halogens is 2. The Balaban J connectivity index is 1.79. The standard InChI is InChI=1S/C18H23F2NO/c1-21-9-8-18-7-3-2-4-14(18)16(21)10-12-5-6-13(11-15(12)18)22-17(19)20/h5-6,11,14,16-17H,2-4,7-10H2,1H3/t14-,16?,18-/m0/s1/i1D3. The normalized spacial score (nSPS) is 36.8. The van der Waals surface area contributed by atoms with E-state index >= 15 is 0 Å². The molecule has 4 heteroatoms. The van der Waals surface area contributed by atoms with Crippen molar-refractivity contribution in [2.45, 2.75) is 56.6 Å². The van der Waals surface area contributed by atoms with Crippen molar-refractivity contribution in [1.82, 2.24) is 4.90 Å². The van der Waals surface area contributed by atoms with E-state index in [9.17, 15) is 8.78 Å². The third kappa shape index (κ3) is 2.07. The van der Waals surface area contributed by atoms with Crippen LogP contribution in [0.25, 0.3) is 0 Å². The summed E-state index contributed by atoms with van der Waals surface area (Å²) in [4.78, 5) is 1.70. The summed E-state index contributed by atoms with van der Waals surface area (Å²) in [5.41, 5.74) is 2.13. The zero-order valence-corrected chi connectivity index (χ0v) is 12.5. The monoisotopic (exact) mass is 310 g/mol. The van der Waals surface area contributed by atoms with E-state index in [1.807, 2.05) is 6.07 Å². The minimum Gasteiger partial charge on any atom is -0.435 e. The van der Waals surface area contributed by atoms with Gasteiger partial charge in [-0.2, -0.15) is 8.78 Å². The molecule has 0 radical (unpaired) electrons. The van der Waals surface area contributed by atoms with Gasteiger partial charge >= 0.3 is 6.61 Å². The lowest BCUT2D eigenvalue weighted by Crippen LogP contribution is -2.59. The van der Waals surface area contributed by atoms with Crippen molar-refractivity contribution in [3.05, 3.63) is 29.3 Å². The molecule has 1 unspecified atom stereocenters. The molecule has 1 saturated heterocycles. The predicted octanol–water partition coefficient (Wildman–Crippen LogP) is 3.98. The SMILES string of the molecule is [2H]C([2H])([2H])N1CC[C@@]23CCCC[C@H]2C1Cc1ccc(OC(F)F)cc13. The van der Waals surface area contributed by atoms with Gasteiger partial charge in [-0.3, -0.25) is 0 Å². The highest BCUT2D eigenvalue weighted by atomic mass is 19.3. The van der Waals surface area contributed by atoms with E-state index in [4.69, 9.17) is 4.11 Å². The number of likely N-dealkylation sites (N-methyl/N-ethyl adjacent to an activating group) is 1. The molecule has 1 aromatic rings. The van der Waals surface area contributed by atoms with E-state index in [-0.39, 0.29) is 23.1 Å². The molecular weight excluding hydrogens is 284 g/mol. The Bertz CT molecular complexity index is 666. The smallest absolute Gasteiger partial charge is 0.387 e. The molecule has 1 aromatic carbocycles. The molecule has 2 nitrogen and oxygen atoms in total. The average molecular weight is 310 g/mol. The number of alkyl halides is 2. The third-order valence-electron chi connectivity index (χ3n) is 6.03. The van der Waals surface area contributed by atoms with Crippen LogP contribution in [0.2, 0.25) is 0 Å². The van der Waals surface area contributed by atoms with Crippen LogP contribution in [0.15, 0.2) is 18.2 Å². The zero-order valence-electron chi connectivity index (χ0n) is 15.5. The first-order valence-electron chi connectivity index (χ1n) is 9.66. The fourth-order valence-corrected chi connectivity index (χ4v) is 5.16. The van der Waals surface area contributed by atoms with Crippen molar-refractivity contribution >= 4 is 0 Å². The third-order valence-corrected chi connectivity index (χ3v) is 6.03. The minimum absolute atomic E-state index is 0.0101. The molecule has 3 atom stereocenters. The van der Waals surface area contributed by atoms with Gasteiger partial charge in [-0.1, -0.05) is 18.9 Å². The molecule has 2 fully saturated rings. The number of ether oxygens (including phenoxy) is 1. The lowest BCUT2D eigenvalue weighted by molar-refractivity contribution is -0.0503. The Morgan fingerprint density at radius 2 is 2.27 bits per heavy atom. The average Bonchev–Trinajstić information content (AvgIpc) is 2.54. The van der Waals surface area contributed by atoms with Gasteiger partial charge in [-0.15, -0.1) is 0 Å². The summed E-state index contributed by atoms with van der Waals surface area (Å²) in [7, 11) is 0. The van der Waals surface area contributed by atoms with Crippen LogP contribution in [-0.4, -0.2) is 31.1 Å². The van der Waals surface area contributed by atoms with Gasteiger partial charge in [-0.05, 0) is 68.4 Å². The number of fused-ring (bicyclic) bond motifs is 1. The molecule has 0 aromatic heterocycles. The Labute approximate surface area is 134 Å². The maximum atomic E-state index is 12.6. The first-order chi connectivity index (χ1) is 11.8. The topological polar surface area (TPSA) is 12.5 Å². The summed E-state index contributed by atoms with van der Waals surface area (Å²) in [6, 6.07) is 5.24. The van der Waals surface area contributed by atoms with Crippen LogP contribution in [0.4, 0.5) is 8.78 Å². The number of rotatable bonds is 2. The van der Waals surface area contributed by atoms with E-state index in [2.05, 4.69) is 4.74 Å². The number of benzene rings is 1. The van der Waals surface area contributed by atoms with E-state index in [0.717, 1.165) is 43.2 Å². The van der Waals surface area contributed by atoms with Crippen molar-refractivity contribution in [1.29, 1.82) is 0 Å². The van der Waals surface area contributed by atoms with Crippen LogP contribution in [-0.2, 0) is 11.8 Å². The molecule has 22 heavy (non-hydrogen) atoms. The van der Waals surface area contributed by atoms with Gasteiger partial charge in [0.1, 0.15) is 5.75 Å². The second-order valence-electron chi connectivity index (χ2n) is 6.92. The molecule has 4 rings (SSSR count). The van der Waals surface area contributed by atoms with Gasteiger partial charge < -0.3 is 9.64 Å². The maximum absolute atomic E-state index is 12.6. The van der Waals surface area contributed by atoms with Crippen LogP contribution in [0.5, 0.6) is 5.75 Å². The number of hydrogen-bond acceptors (Lipinski definition) is 2. The second-order valence-corrected chi connectivity index (χ2v) is 6.92. The molecule has 0 N–H and O–H groups in total. The molecule has 3 aliphatic rings. The molecule has 1 aliphatic heterocycles. The highest BCUT2D eigenvalue weighted by Crippen LogP contribution is 2.55. The van der Waals surface area contributed by atoms with Crippen LogP contribution in [0.3, 0.4) is 0 Å². The van der Waals surface area contributed by atoms with Crippen molar-refractivity contribution in [2.75, 3.05) is 13.5 Å². The Kier molecular flexibility index (Phi) is 2.69. The summed E-state index contributed by atoms with van der Waals surface area (Å²) < 4.78 is 53.6. The first kappa shape index (κ1) is 11.4. The van der Waals surface area contributed by atoms with Crippen molar-refractivity contribution < 1.29 is 17.6 Å². The Hall–Kier alpha value is -1.16. The van der Waals surface area contributed by atoms with Crippen LogP contribution < -0.4 is 4.74 Å². The van der Waals surface area contributed by atoms with Gasteiger partial charge in [0.15, 0.2) is 0 Å². The molecule has 2 bridgehead atoms. The number of hydrogen-bond donors (Lipinski definition) is 0. The lowest BCUT2D eigenvalue weighted by atomic mass is 9.52. The fourth-order valence-electron chi connectivity index (χ4n) is 5.16. The highest BCUT2D eigenvalue weighted by Gasteiger charge is 2.53. The first-order valence-corrected chi connectivity index (χ1v) is 8.16.